The molecule has 0 aromatic carbocycles. The molecule has 0 saturated carbocycles. The largest absolute Gasteiger partial charge is 0.376 e. The number of nitrogens with zero attached hydrogens (tertiary/aromatic N) is 3. The van der Waals surface area contributed by atoms with Crippen molar-refractivity contribution in [3.8, 4) is 6.07 Å². The Kier molecular flexibility index (Phi) is 3.68. The maximum absolute atomic E-state index is 8.93. The number of hydrogen-bond donors (Lipinski definition) is 1. The standard InChI is InChI=1S/C12H12N4S/c1-2-10-6-16-12(17-10)8-15-11-7-14-4-3-9(11)5-13/h3-4,6-7,15H,2,8H2,1H3. The second-order valence-corrected chi connectivity index (χ2v) is 4.66. The number of rotatable bonds is 4. The summed E-state index contributed by atoms with van der Waals surface area (Å²) in [6.45, 7) is 2.74. The van der Waals surface area contributed by atoms with Gasteiger partial charge in [-0.2, -0.15) is 5.26 Å². The molecule has 0 atom stereocenters. The molecule has 2 aromatic heterocycles. The van der Waals surface area contributed by atoms with E-state index in [1.54, 1.807) is 29.8 Å². The molecule has 4 nitrogen and oxygen atoms in total. The van der Waals surface area contributed by atoms with Crippen LogP contribution in [0.1, 0.15) is 22.4 Å². The molecule has 0 bridgehead atoms. The van der Waals surface area contributed by atoms with E-state index in [0.717, 1.165) is 17.1 Å². The second kappa shape index (κ2) is 5.41. The van der Waals surface area contributed by atoms with Crippen LogP contribution in [0.5, 0.6) is 0 Å². The molecule has 0 amide bonds. The minimum atomic E-state index is 0.604. The molecule has 0 fully saturated rings. The highest BCUT2D eigenvalue weighted by molar-refractivity contribution is 7.11. The number of aromatic nitrogens is 2. The monoisotopic (exact) mass is 244 g/mol. The number of nitriles is 1. The van der Waals surface area contributed by atoms with E-state index in [1.165, 1.54) is 4.88 Å². The van der Waals surface area contributed by atoms with E-state index in [4.69, 9.17) is 5.26 Å². The quantitative estimate of drug-likeness (QED) is 0.898. The Morgan fingerprint density at radius 2 is 2.35 bits per heavy atom. The summed E-state index contributed by atoms with van der Waals surface area (Å²) in [5.41, 5.74) is 1.36. The van der Waals surface area contributed by atoms with Gasteiger partial charge in [-0.25, -0.2) is 4.98 Å². The van der Waals surface area contributed by atoms with Gasteiger partial charge < -0.3 is 5.32 Å². The van der Waals surface area contributed by atoms with Crippen LogP contribution >= 0.6 is 11.3 Å². The van der Waals surface area contributed by atoms with E-state index < -0.39 is 0 Å². The summed E-state index contributed by atoms with van der Waals surface area (Å²) in [5, 5.41) is 13.1. The number of hydrogen-bond acceptors (Lipinski definition) is 5. The lowest BCUT2D eigenvalue weighted by Gasteiger charge is -2.04. The first-order valence-corrected chi connectivity index (χ1v) is 6.16. The van der Waals surface area contributed by atoms with Crippen LogP contribution in [0.15, 0.2) is 24.7 Å². The van der Waals surface area contributed by atoms with Gasteiger partial charge in [-0.1, -0.05) is 6.92 Å². The zero-order chi connectivity index (χ0) is 12.1. The smallest absolute Gasteiger partial charge is 0.112 e. The van der Waals surface area contributed by atoms with E-state index >= 15 is 0 Å². The maximum atomic E-state index is 8.93. The Morgan fingerprint density at radius 1 is 1.47 bits per heavy atom. The highest BCUT2D eigenvalue weighted by Gasteiger charge is 2.03. The van der Waals surface area contributed by atoms with Crippen LogP contribution in [0.4, 0.5) is 5.69 Å². The van der Waals surface area contributed by atoms with Crippen molar-refractivity contribution in [2.75, 3.05) is 5.32 Å². The van der Waals surface area contributed by atoms with Crippen LogP contribution < -0.4 is 5.32 Å². The van der Waals surface area contributed by atoms with Crippen molar-refractivity contribution in [3.05, 3.63) is 40.1 Å². The number of thiazole rings is 1. The van der Waals surface area contributed by atoms with Crippen LogP contribution in [0, 0.1) is 11.3 Å². The van der Waals surface area contributed by atoms with Crippen molar-refractivity contribution in [1.82, 2.24) is 9.97 Å². The van der Waals surface area contributed by atoms with Crippen LogP contribution in [-0.2, 0) is 13.0 Å². The molecule has 2 aromatic rings. The van der Waals surface area contributed by atoms with E-state index in [0.29, 0.717) is 12.1 Å². The fourth-order valence-electron chi connectivity index (χ4n) is 1.40. The summed E-state index contributed by atoms with van der Waals surface area (Å²) in [7, 11) is 0. The van der Waals surface area contributed by atoms with Crippen molar-refractivity contribution in [2.45, 2.75) is 19.9 Å². The number of anilines is 1. The van der Waals surface area contributed by atoms with E-state index in [2.05, 4.69) is 28.3 Å². The number of aryl methyl sites for hydroxylation is 1. The molecule has 0 saturated heterocycles. The number of nitrogens with one attached hydrogen (secondary N) is 1. The molecule has 0 unspecified atom stereocenters. The zero-order valence-corrected chi connectivity index (χ0v) is 10.3. The summed E-state index contributed by atoms with van der Waals surface area (Å²) in [6, 6.07) is 3.82. The lowest BCUT2D eigenvalue weighted by atomic mass is 10.2. The average molecular weight is 244 g/mol. The molecule has 0 aliphatic heterocycles. The zero-order valence-electron chi connectivity index (χ0n) is 9.47. The summed E-state index contributed by atoms with van der Waals surface area (Å²) in [4.78, 5) is 9.58. The van der Waals surface area contributed by atoms with Gasteiger partial charge in [0.15, 0.2) is 0 Å². The van der Waals surface area contributed by atoms with E-state index in [1.807, 2.05) is 6.20 Å². The molecule has 0 aliphatic carbocycles. The van der Waals surface area contributed by atoms with Crippen molar-refractivity contribution in [2.24, 2.45) is 0 Å². The molecule has 2 rings (SSSR count). The van der Waals surface area contributed by atoms with Gasteiger partial charge in [0.1, 0.15) is 11.1 Å². The summed E-state index contributed by atoms with van der Waals surface area (Å²) in [5.74, 6) is 0. The molecule has 17 heavy (non-hydrogen) atoms. The Hall–Kier alpha value is -1.93. The van der Waals surface area contributed by atoms with Gasteiger partial charge in [0.2, 0.25) is 0 Å². The van der Waals surface area contributed by atoms with Crippen LogP contribution in [0.3, 0.4) is 0 Å². The third kappa shape index (κ3) is 2.80. The Bertz CT molecular complexity index is 541. The van der Waals surface area contributed by atoms with Crippen LogP contribution in [0.25, 0.3) is 0 Å². The van der Waals surface area contributed by atoms with Gasteiger partial charge in [-0.05, 0) is 12.5 Å². The van der Waals surface area contributed by atoms with Gasteiger partial charge in [-0.15, -0.1) is 11.3 Å². The van der Waals surface area contributed by atoms with E-state index in [-0.39, 0.29) is 0 Å². The molecule has 0 aliphatic rings. The summed E-state index contributed by atoms with van der Waals surface area (Å²) in [6.07, 6.45) is 6.18. The second-order valence-electron chi connectivity index (χ2n) is 3.46. The first-order chi connectivity index (χ1) is 8.33. The third-order valence-corrected chi connectivity index (χ3v) is 3.46. The Labute approximate surface area is 104 Å². The molecule has 1 N–H and O–H groups in total. The fourth-order valence-corrected chi connectivity index (χ4v) is 2.20. The number of pyridine rings is 1. The Balaban J connectivity index is 2.05. The first-order valence-electron chi connectivity index (χ1n) is 5.35. The summed E-state index contributed by atoms with van der Waals surface area (Å²) < 4.78 is 0. The molecule has 0 spiro atoms. The molecule has 2 heterocycles. The minimum Gasteiger partial charge on any atom is -0.376 e. The lowest BCUT2D eigenvalue weighted by molar-refractivity contribution is 1.09. The third-order valence-electron chi connectivity index (χ3n) is 2.32. The van der Waals surface area contributed by atoms with Crippen molar-refractivity contribution < 1.29 is 0 Å². The summed E-state index contributed by atoms with van der Waals surface area (Å²) >= 11 is 1.69. The molecule has 5 heteroatoms. The van der Waals surface area contributed by atoms with Crippen molar-refractivity contribution in [1.29, 1.82) is 5.26 Å². The first kappa shape index (κ1) is 11.6. The van der Waals surface area contributed by atoms with Gasteiger partial charge in [-0.3, -0.25) is 4.98 Å². The average Bonchev–Trinajstić information content (AvgIpc) is 2.84. The van der Waals surface area contributed by atoms with Crippen LogP contribution in [-0.4, -0.2) is 9.97 Å². The van der Waals surface area contributed by atoms with Crippen molar-refractivity contribution >= 4 is 17.0 Å². The van der Waals surface area contributed by atoms with Gasteiger partial charge in [0, 0.05) is 17.3 Å². The fraction of sp³-hybridized carbons (Fsp3) is 0.250. The van der Waals surface area contributed by atoms with Gasteiger partial charge >= 0.3 is 0 Å². The maximum Gasteiger partial charge on any atom is 0.112 e. The van der Waals surface area contributed by atoms with Gasteiger partial charge in [0.25, 0.3) is 0 Å². The molecular formula is C12H12N4S. The molecule has 0 radical (unpaired) electrons. The van der Waals surface area contributed by atoms with Gasteiger partial charge in [0.05, 0.1) is 24.0 Å². The molecule has 86 valence electrons. The SMILES string of the molecule is CCc1cnc(CNc2cnccc2C#N)s1. The predicted octanol–water partition coefficient (Wildman–Crippen LogP) is 2.58. The van der Waals surface area contributed by atoms with E-state index in [9.17, 15) is 0 Å². The topological polar surface area (TPSA) is 61.6 Å². The normalized spacial score (nSPS) is 9.88. The lowest BCUT2D eigenvalue weighted by Crippen LogP contribution is -2.01. The highest BCUT2D eigenvalue weighted by atomic mass is 32.1. The Morgan fingerprint density at radius 3 is 3.06 bits per heavy atom. The predicted molar refractivity (Wildman–Crippen MR) is 67.8 cm³/mol. The van der Waals surface area contributed by atoms with Crippen LogP contribution in [0.2, 0.25) is 0 Å². The minimum absolute atomic E-state index is 0.604. The van der Waals surface area contributed by atoms with Crippen molar-refractivity contribution in [3.63, 3.8) is 0 Å². The highest BCUT2D eigenvalue weighted by Crippen LogP contribution is 2.17. The molecular weight excluding hydrogens is 232 g/mol.